The molecule has 0 aliphatic heterocycles. The Labute approximate surface area is 146 Å². The third kappa shape index (κ3) is 4.04. The molecule has 25 heavy (non-hydrogen) atoms. The molecule has 126 valence electrons. The molecule has 5 heteroatoms. The highest BCUT2D eigenvalue weighted by molar-refractivity contribution is 5.96. The van der Waals surface area contributed by atoms with E-state index in [-0.39, 0.29) is 12.5 Å². The van der Waals surface area contributed by atoms with Crippen LogP contribution in [0.25, 0.3) is 4.85 Å². The molecule has 0 unspecified atom stereocenters. The molecule has 1 amide bonds. The minimum atomic E-state index is -0.582. The number of anilines is 1. The lowest BCUT2D eigenvalue weighted by molar-refractivity contribution is -0.119. The number of rotatable bonds is 4. The average Bonchev–Trinajstić information content (AvgIpc) is 2.66. The van der Waals surface area contributed by atoms with Crippen LogP contribution in [-0.2, 0) is 22.4 Å². The number of esters is 1. The predicted molar refractivity (Wildman–Crippen MR) is 94.7 cm³/mol. The van der Waals surface area contributed by atoms with Crippen LogP contribution < -0.4 is 5.32 Å². The van der Waals surface area contributed by atoms with Gasteiger partial charge in [-0.25, -0.2) is 9.64 Å². The molecule has 2 aromatic carbocycles. The fourth-order valence-electron chi connectivity index (χ4n) is 2.97. The van der Waals surface area contributed by atoms with Crippen LogP contribution in [0.15, 0.2) is 42.5 Å². The SMILES string of the molecule is [C-]#[N+]c1ccc(C(=O)OCC(=O)Nc2cccc3c2CCCC3)cc1. The van der Waals surface area contributed by atoms with Gasteiger partial charge >= 0.3 is 5.97 Å². The van der Waals surface area contributed by atoms with E-state index in [1.165, 1.54) is 29.7 Å². The van der Waals surface area contributed by atoms with Crippen molar-refractivity contribution < 1.29 is 14.3 Å². The lowest BCUT2D eigenvalue weighted by atomic mass is 9.90. The number of nitrogens with zero attached hydrogens (tertiary/aromatic N) is 1. The normalized spacial score (nSPS) is 12.6. The summed E-state index contributed by atoms with van der Waals surface area (Å²) in [6.45, 7) is 6.55. The largest absolute Gasteiger partial charge is 0.452 e. The van der Waals surface area contributed by atoms with E-state index in [2.05, 4.69) is 16.2 Å². The number of benzene rings is 2. The quantitative estimate of drug-likeness (QED) is 0.681. The Morgan fingerprint density at radius 3 is 2.60 bits per heavy atom. The van der Waals surface area contributed by atoms with Gasteiger partial charge in [0.25, 0.3) is 5.91 Å². The van der Waals surface area contributed by atoms with Crippen LogP contribution in [-0.4, -0.2) is 18.5 Å². The van der Waals surface area contributed by atoms with Gasteiger partial charge in [-0.05, 0) is 42.9 Å². The van der Waals surface area contributed by atoms with Gasteiger partial charge in [0, 0.05) is 5.69 Å². The number of carbonyl (C=O) groups is 2. The van der Waals surface area contributed by atoms with Crippen LogP contribution in [0.3, 0.4) is 0 Å². The summed E-state index contributed by atoms with van der Waals surface area (Å²) in [5.41, 5.74) is 4.03. The first-order valence-electron chi connectivity index (χ1n) is 8.22. The number of fused-ring (bicyclic) bond motifs is 1. The van der Waals surface area contributed by atoms with E-state index in [1.807, 2.05) is 12.1 Å². The second kappa shape index (κ2) is 7.63. The molecule has 0 spiro atoms. The molecule has 3 rings (SSSR count). The highest BCUT2D eigenvalue weighted by atomic mass is 16.5. The van der Waals surface area contributed by atoms with Crippen molar-refractivity contribution in [2.24, 2.45) is 0 Å². The maximum atomic E-state index is 12.1. The molecule has 0 saturated carbocycles. The number of hydrogen-bond donors (Lipinski definition) is 1. The minimum Gasteiger partial charge on any atom is -0.452 e. The van der Waals surface area contributed by atoms with Crippen LogP contribution in [0.2, 0.25) is 0 Å². The van der Waals surface area contributed by atoms with Gasteiger partial charge in [0.1, 0.15) is 0 Å². The van der Waals surface area contributed by atoms with Crippen LogP contribution >= 0.6 is 0 Å². The monoisotopic (exact) mass is 334 g/mol. The molecular weight excluding hydrogens is 316 g/mol. The highest BCUT2D eigenvalue weighted by Gasteiger charge is 2.15. The van der Waals surface area contributed by atoms with Gasteiger partial charge in [-0.1, -0.05) is 36.4 Å². The number of amides is 1. The zero-order valence-corrected chi connectivity index (χ0v) is 13.7. The van der Waals surface area contributed by atoms with Crippen molar-refractivity contribution in [3.8, 4) is 0 Å². The Kier molecular flexibility index (Phi) is 5.10. The highest BCUT2D eigenvalue weighted by Crippen LogP contribution is 2.27. The van der Waals surface area contributed by atoms with Crippen molar-refractivity contribution in [2.75, 3.05) is 11.9 Å². The second-order valence-corrected chi connectivity index (χ2v) is 5.93. The molecule has 2 aromatic rings. The van der Waals surface area contributed by atoms with E-state index in [0.717, 1.165) is 24.9 Å². The zero-order chi connectivity index (χ0) is 17.6. The van der Waals surface area contributed by atoms with Gasteiger partial charge in [0.05, 0.1) is 12.1 Å². The van der Waals surface area contributed by atoms with Crippen molar-refractivity contribution in [1.82, 2.24) is 0 Å². The number of ether oxygens (including phenoxy) is 1. The van der Waals surface area contributed by atoms with Gasteiger partial charge in [0.2, 0.25) is 0 Å². The molecular formula is C20H18N2O3. The van der Waals surface area contributed by atoms with Gasteiger partial charge in [-0.15, -0.1) is 0 Å². The molecule has 1 aliphatic rings. The van der Waals surface area contributed by atoms with Crippen molar-refractivity contribution in [3.05, 3.63) is 70.6 Å². The summed E-state index contributed by atoms with van der Waals surface area (Å²) < 4.78 is 5.05. The van der Waals surface area contributed by atoms with Crippen molar-refractivity contribution >= 4 is 23.3 Å². The van der Waals surface area contributed by atoms with Crippen LogP contribution in [0.5, 0.6) is 0 Å². The van der Waals surface area contributed by atoms with Crippen LogP contribution in [0.4, 0.5) is 11.4 Å². The smallest absolute Gasteiger partial charge is 0.338 e. The zero-order valence-electron chi connectivity index (χ0n) is 13.7. The molecule has 0 radical (unpaired) electrons. The summed E-state index contributed by atoms with van der Waals surface area (Å²) in [5.74, 6) is -0.938. The number of hydrogen-bond acceptors (Lipinski definition) is 3. The Hall–Kier alpha value is -3.13. The van der Waals surface area contributed by atoms with Gasteiger partial charge in [0.15, 0.2) is 12.3 Å². The lowest BCUT2D eigenvalue weighted by Crippen LogP contribution is -2.22. The summed E-state index contributed by atoms with van der Waals surface area (Å²) in [7, 11) is 0. The molecule has 0 bridgehead atoms. The van der Waals surface area contributed by atoms with Crippen molar-refractivity contribution in [2.45, 2.75) is 25.7 Å². The maximum absolute atomic E-state index is 12.1. The Morgan fingerprint density at radius 1 is 1.08 bits per heavy atom. The Bertz CT molecular complexity index is 835. The molecule has 0 saturated heterocycles. The van der Waals surface area contributed by atoms with E-state index in [4.69, 9.17) is 11.3 Å². The summed E-state index contributed by atoms with van der Waals surface area (Å²) in [5, 5.41) is 2.84. The Morgan fingerprint density at radius 2 is 1.84 bits per heavy atom. The summed E-state index contributed by atoms with van der Waals surface area (Å²) >= 11 is 0. The van der Waals surface area contributed by atoms with E-state index in [9.17, 15) is 9.59 Å². The van der Waals surface area contributed by atoms with Crippen LogP contribution in [0, 0.1) is 6.57 Å². The topological polar surface area (TPSA) is 59.8 Å². The average molecular weight is 334 g/mol. The number of nitrogens with one attached hydrogen (secondary N) is 1. The van der Waals surface area contributed by atoms with E-state index in [1.54, 1.807) is 12.1 Å². The third-order valence-corrected chi connectivity index (χ3v) is 4.24. The first kappa shape index (κ1) is 16.7. The molecule has 0 fully saturated rings. The van der Waals surface area contributed by atoms with Gasteiger partial charge < -0.3 is 10.1 Å². The second-order valence-electron chi connectivity index (χ2n) is 5.93. The summed E-state index contributed by atoms with van der Waals surface area (Å²) in [6, 6.07) is 12.0. The fourth-order valence-corrected chi connectivity index (χ4v) is 2.97. The van der Waals surface area contributed by atoms with E-state index in [0.29, 0.717) is 11.3 Å². The van der Waals surface area contributed by atoms with E-state index < -0.39 is 5.97 Å². The number of carbonyl (C=O) groups excluding carboxylic acids is 2. The molecule has 1 N–H and O–H groups in total. The van der Waals surface area contributed by atoms with Crippen LogP contribution in [0.1, 0.15) is 34.3 Å². The third-order valence-electron chi connectivity index (χ3n) is 4.24. The lowest BCUT2D eigenvalue weighted by Gasteiger charge is -2.19. The molecule has 0 heterocycles. The van der Waals surface area contributed by atoms with E-state index >= 15 is 0 Å². The van der Waals surface area contributed by atoms with Gasteiger partial charge in [-0.3, -0.25) is 4.79 Å². The minimum absolute atomic E-state index is 0.317. The fraction of sp³-hybridized carbons (Fsp3) is 0.250. The molecule has 1 aliphatic carbocycles. The molecule has 5 nitrogen and oxygen atoms in total. The van der Waals surface area contributed by atoms with Gasteiger partial charge in [-0.2, -0.15) is 0 Å². The first-order chi connectivity index (χ1) is 12.2. The number of aryl methyl sites for hydroxylation is 1. The summed E-state index contributed by atoms with van der Waals surface area (Å²) in [4.78, 5) is 27.3. The predicted octanol–water partition coefficient (Wildman–Crippen LogP) is 3.91. The summed E-state index contributed by atoms with van der Waals surface area (Å²) in [6.07, 6.45) is 4.29. The molecule has 0 atom stereocenters. The standard InChI is InChI=1S/C20H18N2O3/c1-21-16-11-9-15(10-12-16)20(24)25-13-19(23)22-18-8-4-6-14-5-2-3-7-17(14)18/h4,6,8-12H,2-3,5,7,13H2,(H,22,23). The maximum Gasteiger partial charge on any atom is 0.338 e. The molecule has 0 aromatic heterocycles. The first-order valence-corrected chi connectivity index (χ1v) is 8.22. The Balaban J connectivity index is 1.58. The van der Waals surface area contributed by atoms with Crippen molar-refractivity contribution in [1.29, 1.82) is 0 Å². The van der Waals surface area contributed by atoms with Crippen molar-refractivity contribution in [3.63, 3.8) is 0 Å².